The van der Waals surface area contributed by atoms with E-state index in [9.17, 15) is 4.79 Å². The minimum Gasteiger partial charge on any atom is -0.337 e. The summed E-state index contributed by atoms with van der Waals surface area (Å²) in [5.74, 6) is 0.897. The molecule has 0 aliphatic heterocycles. The summed E-state index contributed by atoms with van der Waals surface area (Å²) < 4.78 is 2.74. The average Bonchev–Trinajstić information content (AvgIpc) is 3.22. The van der Waals surface area contributed by atoms with Crippen molar-refractivity contribution in [2.75, 3.05) is 0 Å². The molecule has 0 N–H and O–H groups in total. The highest BCUT2D eigenvalue weighted by atomic mass is 79.9. The van der Waals surface area contributed by atoms with Crippen molar-refractivity contribution in [2.24, 2.45) is 7.05 Å². The number of aryl methyl sites for hydroxylation is 1. The zero-order chi connectivity index (χ0) is 15.0. The summed E-state index contributed by atoms with van der Waals surface area (Å²) >= 11 is 9.44. The van der Waals surface area contributed by atoms with Crippen LogP contribution < -0.4 is 0 Å². The number of benzene rings is 1. The van der Waals surface area contributed by atoms with Crippen LogP contribution in [0, 0.1) is 0 Å². The maximum absolute atomic E-state index is 12.7. The van der Waals surface area contributed by atoms with Crippen molar-refractivity contribution in [2.45, 2.75) is 25.4 Å². The quantitative estimate of drug-likeness (QED) is 0.826. The molecule has 6 heteroatoms. The highest BCUT2D eigenvalue weighted by molar-refractivity contribution is 9.10. The predicted octanol–water partition coefficient (Wildman–Crippen LogP) is 3.64. The molecule has 1 aromatic carbocycles. The maximum Gasteiger partial charge on any atom is 0.254 e. The fourth-order valence-electron chi connectivity index (χ4n) is 2.25. The van der Waals surface area contributed by atoms with Crippen LogP contribution in [0.1, 0.15) is 29.0 Å². The number of nitrogens with zero attached hydrogens (tertiary/aromatic N) is 3. The Bertz CT molecular complexity index is 681. The third-order valence-electron chi connectivity index (χ3n) is 3.65. The highest BCUT2D eigenvalue weighted by Crippen LogP contribution is 2.31. The Hall–Kier alpha value is -1.33. The summed E-state index contributed by atoms with van der Waals surface area (Å²) in [5, 5.41) is 0.550. The Morgan fingerprint density at radius 3 is 2.86 bits per heavy atom. The number of hydrogen-bond donors (Lipinski definition) is 0. The second-order valence-corrected chi connectivity index (χ2v) is 6.51. The maximum atomic E-state index is 12.7. The first-order chi connectivity index (χ1) is 10.1. The van der Waals surface area contributed by atoms with Gasteiger partial charge in [-0.05, 0) is 47.0 Å². The van der Waals surface area contributed by atoms with E-state index in [-0.39, 0.29) is 5.91 Å². The van der Waals surface area contributed by atoms with E-state index in [4.69, 9.17) is 11.6 Å². The van der Waals surface area contributed by atoms with E-state index in [0.29, 0.717) is 23.2 Å². The van der Waals surface area contributed by atoms with Crippen LogP contribution in [0.3, 0.4) is 0 Å². The topological polar surface area (TPSA) is 38.1 Å². The van der Waals surface area contributed by atoms with Gasteiger partial charge in [-0.2, -0.15) is 0 Å². The second-order valence-electron chi connectivity index (χ2n) is 5.25. The van der Waals surface area contributed by atoms with Crippen molar-refractivity contribution in [1.82, 2.24) is 14.5 Å². The monoisotopic (exact) mass is 367 g/mol. The van der Waals surface area contributed by atoms with Crippen LogP contribution in [0.25, 0.3) is 0 Å². The normalized spacial score (nSPS) is 14.2. The molecule has 0 radical (unpaired) electrons. The molecule has 0 saturated heterocycles. The number of imidazole rings is 1. The van der Waals surface area contributed by atoms with E-state index in [1.54, 1.807) is 24.4 Å². The van der Waals surface area contributed by atoms with Crippen molar-refractivity contribution in [1.29, 1.82) is 0 Å². The van der Waals surface area contributed by atoms with Crippen molar-refractivity contribution < 1.29 is 4.79 Å². The van der Waals surface area contributed by atoms with Gasteiger partial charge in [-0.25, -0.2) is 4.98 Å². The molecule has 1 aliphatic carbocycles. The van der Waals surface area contributed by atoms with Crippen LogP contribution in [-0.2, 0) is 13.6 Å². The summed E-state index contributed by atoms with van der Waals surface area (Å²) in [6.07, 6.45) is 5.75. The van der Waals surface area contributed by atoms with Crippen molar-refractivity contribution in [3.05, 3.63) is 51.5 Å². The molecule has 110 valence electrons. The lowest BCUT2D eigenvalue weighted by molar-refractivity contribution is 0.0724. The van der Waals surface area contributed by atoms with Crippen molar-refractivity contribution in [3.63, 3.8) is 0 Å². The molecule has 0 unspecified atom stereocenters. The van der Waals surface area contributed by atoms with E-state index in [1.807, 2.05) is 22.7 Å². The lowest BCUT2D eigenvalue weighted by Crippen LogP contribution is -2.33. The molecule has 3 rings (SSSR count). The van der Waals surface area contributed by atoms with Gasteiger partial charge in [-0.1, -0.05) is 11.6 Å². The molecule has 0 bridgehead atoms. The van der Waals surface area contributed by atoms with Crippen LogP contribution in [0.5, 0.6) is 0 Å². The molecular weight excluding hydrogens is 354 g/mol. The molecule has 4 nitrogen and oxygen atoms in total. The zero-order valence-electron chi connectivity index (χ0n) is 11.6. The molecule has 1 heterocycles. The molecule has 1 aromatic heterocycles. The Morgan fingerprint density at radius 2 is 2.29 bits per heavy atom. The van der Waals surface area contributed by atoms with Gasteiger partial charge in [0.05, 0.1) is 11.6 Å². The lowest BCUT2D eigenvalue weighted by atomic mass is 10.2. The largest absolute Gasteiger partial charge is 0.337 e. The Balaban J connectivity index is 1.85. The molecule has 1 aliphatic rings. The van der Waals surface area contributed by atoms with Gasteiger partial charge in [0.2, 0.25) is 0 Å². The van der Waals surface area contributed by atoms with Crippen molar-refractivity contribution in [3.8, 4) is 0 Å². The summed E-state index contributed by atoms with van der Waals surface area (Å²) in [4.78, 5) is 18.9. The molecule has 1 fully saturated rings. The number of amides is 1. The third kappa shape index (κ3) is 3.14. The summed E-state index contributed by atoms with van der Waals surface area (Å²) in [6, 6.07) is 5.63. The average molecular weight is 369 g/mol. The van der Waals surface area contributed by atoms with Gasteiger partial charge in [0, 0.05) is 35.5 Å². The minimum absolute atomic E-state index is 0.00917. The van der Waals surface area contributed by atoms with Crippen LogP contribution in [0.4, 0.5) is 0 Å². The first-order valence-corrected chi connectivity index (χ1v) is 7.95. The summed E-state index contributed by atoms with van der Waals surface area (Å²) in [6.45, 7) is 0.528. The molecule has 0 spiro atoms. The summed E-state index contributed by atoms with van der Waals surface area (Å²) in [5.41, 5.74) is 0.615. The van der Waals surface area contributed by atoms with Gasteiger partial charge in [-0.3, -0.25) is 4.79 Å². The number of carbonyl (C=O) groups excluding carboxylic acids is 1. The Kier molecular flexibility index (Phi) is 4.04. The molecule has 2 aromatic rings. The molecule has 1 saturated carbocycles. The van der Waals surface area contributed by atoms with E-state index < -0.39 is 0 Å². The fourth-order valence-corrected chi connectivity index (χ4v) is 2.68. The van der Waals surface area contributed by atoms with Gasteiger partial charge < -0.3 is 9.47 Å². The lowest BCUT2D eigenvalue weighted by Gasteiger charge is -2.22. The number of aromatic nitrogens is 2. The molecule has 21 heavy (non-hydrogen) atoms. The molecular formula is C15H15BrClN3O. The van der Waals surface area contributed by atoms with E-state index >= 15 is 0 Å². The second kappa shape index (κ2) is 5.81. The predicted molar refractivity (Wildman–Crippen MR) is 85.3 cm³/mol. The first-order valence-electron chi connectivity index (χ1n) is 6.78. The zero-order valence-corrected chi connectivity index (χ0v) is 13.9. The molecule has 1 amide bonds. The molecule has 0 atom stereocenters. The van der Waals surface area contributed by atoms with Crippen LogP contribution in [-0.4, -0.2) is 26.4 Å². The van der Waals surface area contributed by atoms with Crippen molar-refractivity contribution >= 4 is 33.4 Å². The standard InChI is InChI=1S/C15H15BrClN3O/c1-19-7-6-18-14(19)9-20(11-3-4-11)15(21)10-2-5-12(16)13(17)8-10/h2,5-8,11H,3-4,9H2,1H3. The summed E-state index contributed by atoms with van der Waals surface area (Å²) in [7, 11) is 1.94. The van der Waals surface area contributed by atoms with Crippen LogP contribution in [0.15, 0.2) is 35.1 Å². The van der Waals surface area contributed by atoms with Crippen LogP contribution in [0.2, 0.25) is 5.02 Å². The highest BCUT2D eigenvalue weighted by Gasteiger charge is 2.33. The van der Waals surface area contributed by atoms with Gasteiger partial charge in [0.25, 0.3) is 5.91 Å². The van der Waals surface area contributed by atoms with Gasteiger partial charge in [0.15, 0.2) is 0 Å². The Morgan fingerprint density at radius 1 is 1.52 bits per heavy atom. The third-order valence-corrected chi connectivity index (χ3v) is 4.88. The van der Waals surface area contributed by atoms with E-state index in [2.05, 4.69) is 20.9 Å². The van der Waals surface area contributed by atoms with Gasteiger partial charge >= 0.3 is 0 Å². The fraction of sp³-hybridized carbons (Fsp3) is 0.333. The number of rotatable bonds is 4. The van der Waals surface area contributed by atoms with Gasteiger partial charge in [0.1, 0.15) is 5.82 Å². The smallest absolute Gasteiger partial charge is 0.254 e. The first kappa shape index (κ1) is 14.6. The van der Waals surface area contributed by atoms with Crippen LogP contribution >= 0.6 is 27.5 Å². The number of hydrogen-bond acceptors (Lipinski definition) is 2. The Labute approximate surface area is 136 Å². The number of carbonyl (C=O) groups is 1. The minimum atomic E-state index is 0.00917. The van der Waals surface area contributed by atoms with Gasteiger partial charge in [-0.15, -0.1) is 0 Å². The van der Waals surface area contributed by atoms with E-state index in [0.717, 1.165) is 23.1 Å². The SMILES string of the molecule is Cn1ccnc1CN(C(=O)c1ccc(Br)c(Cl)c1)C1CC1. The van der Waals surface area contributed by atoms with E-state index in [1.165, 1.54) is 0 Å². The number of halogens is 2.